The van der Waals surface area contributed by atoms with E-state index in [0.29, 0.717) is 24.9 Å². The first-order valence-electron chi connectivity index (χ1n) is 9.78. The van der Waals surface area contributed by atoms with Gasteiger partial charge in [-0.2, -0.15) is 11.8 Å². The zero-order valence-corrected chi connectivity index (χ0v) is 16.0. The van der Waals surface area contributed by atoms with Crippen LogP contribution in [0.2, 0.25) is 0 Å². The second-order valence-electron chi connectivity index (χ2n) is 6.58. The van der Waals surface area contributed by atoms with Crippen molar-refractivity contribution in [2.45, 2.75) is 77.6 Å². The quantitative estimate of drug-likeness (QED) is 0.421. The SMILES string of the molecule is CCCCCCCCCCCCCSCC(=O)N1CCOCC1. The van der Waals surface area contributed by atoms with Crippen LogP contribution in [0.3, 0.4) is 0 Å². The number of carbonyl (C=O) groups is 1. The van der Waals surface area contributed by atoms with Gasteiger partial charge in [0.2, 0.25) is 5.91 Å². The molecule has 23 heavy (non-hydrogen) atoms. The summed E-state index contributed by atoms with van der Waals surface area (Å²) in [6.07, 6.45) is 15.2. The van der Waals surface area contributed by atoms with Gasteiger partial charge in [-0.05, 0) is 12.2 Å². The molecule has 0 radical (unpaired) electrons. The standard InChI is InChI=1S/C19H37NO2S/c1-2-3-4-5-6-7-8-9-10-11-12-17-23-18-19(21)20-13-15-22-16-14-20/h2-18H2,1H3. The van der Waals surface area contributed by atoms with Crippen LogP contribution >= 0.6 is 11.8 Å². The molecule has 0 saturated carbocycles. The molecule has 136 valence electrons. The third-order valence-electron chi connectivity index (χ3n) is 4.48. The number of unbranched alkanes of at least 4 members (excludes halogenated alkanes) is 10. The van der Waals surface area contributed by atoms with E-state index in [2.05, 4.69) is 6.92 Å². The van der Waals surface area contributed by atoms with Gasteiger partial charge in [-0.15, -0.1) is 0 Å². The highest BCUT2D eigenvalue weighted by molar-refractivity contribution is 7.99. The summed E-state index contributed by atoms with van der Waals surface area (Å²) in [5, 5.41) is 0. The van der Waals surface area contributed by atoms with E-state index in [0.717, 1.165) is 18.8 Å². The Morgan fingerprint density at radius 1 is 0.870 bits per heavy atom. The first-order valence-corrected chi connectivity index (χ1v) is 10.9. The van der Waals surface area contributed by atoms with E-state index in [9.17, 15) is 4.79 Å². The van der Waals surface area contributed by atoms with Crippen molar-refractivity contribution >= 4 is 17.7 Å². The average Bonchev–Trinajstić information content (AvgIpc) is 2.59. The molecule has 1 saturated heterocycles. The molecule has 1 aliphatic heterocycles. The van der Waals surface area contributed by atoms with Crippen LogP contribution in [0.4, 0.5) is 0 Å². The molecule has 4 heteroatoms. The third kappa shape index (κ3) is 11.9. The summed E-state index contributed by atoms with van der Waals surface area (Å²) in [6.45, 7) is 5.23. The molecular formula is C19H37NO2S. The molecule has 0 spiro atoms. The highest BCUT2D eigenvalue weighted by Gasteiger charge is 2.15. The Morgan fingerprint density at radius 3 is 1.96 bits per heavy atom. The lowest BCUT2D eigenvalue weighted by Crippen LogP contribution is -2.41. The van der Waals surface area contributed by atoms with Crippen molar-refractivity contribution in [3.05, 3.63) is 0 Å². The van der Waals surface area contributed by atoms with Crippen LogP contribution in [-0.4, -0.2) is 48.6 Å². The fourth-order valence-corrected chi connectivity index (χ4v) is 3.84. The molecule has 0 aromatic heterocycles. The Labute approximate surface area is 147 Å². The second kappa shape index (κ2) is 15.3. The van der Waals surface area contributed by atoms with E-state index >= 15 is 0 Å². The molecule has 0 aliphatic carbocycles. The number of rotatable bonds is 14. The maximum absolute atomic E-state index is 11.9. The molecule has 1 heterocycles. The van der Waals surface area contributed by atoms with Gasteiger partial charge in [0.1, 0.15) is 0 Å². The smallest absolute Gasteiger partial charge is 0.232 e. The highest BCUT2D eigenvalue weighted by atomic mass is 32.2. The van der Waals surface area contributed by atoms with Crippen molar-refractivity contribution in [1.29, 1.82) is 0 Å². The van der Waals surface area contributed by atoms with Gasteiger partial charge in [0.25, 0.3) is 0 Å². The summed E-state index contributed by atoms with van der Waals surface area (Å²) in [5.41, 5.74) is 0. The predicted molar refractivity (Wildman–Crippen MR) is 101 cm³/mol. The Morgan fingerprint density at radius 2 is 1.39 bits per heavy atom. The van der Waals surface area contributed by atoms with Gasteiger partial charge in [0.05, 0.1) is 19.0 Å². The van der Waals surface area contributed by atoms with Crippen molar-refractivity contribution in [1.82, 2.24) is 4.90 Å². The number of nitrogens with zero attached hydrogens (tertiary/aromatic N) is 1. The lowest BCUT2D eigenvalue weighted by molar-refractivity contribution is -0.132. The van der Waals surface area contributed by atoms with E-state index in [1.807, 2.05) is 4.90 Å². The highest BCUT2D eigenvalue weighted by Crippen LogP contribution is 2.13. The van der Waals surface area contributed by atoms with E-state index in [1.165, 1.54) is 70.6 Å². The van der Waals surface area contributed by atoms with E-state index in [1.54, 1.807) is 11.8 Å². The lowest BCUT2D eigenvalue weighted by Gasteiger charge is -2.26. The second-order valence-corrected chi connectivity index (χ2v) is 7.69. The number of ether oxygens (including phenoxy) is 1. The fourth-order valence-electron chi connectivity index (χ4n) is 2.93. The van der Waals surface area contributed by atoms with Crippen molar-refractivity contribution in [2.24, 2.45) is 0 Å². The zero-order valence-electron chi connectivity index (χ0n) is 15.2. The van der Waals surface area contributed by atoms with Crippen LogP contribution in [0.1, 0.15) is 77.6 Å². The average molecular weight is 344 g/mol. The zero-order chi connectivity index (χ0) is 16.6. The van der Waals surface area contributed by atoms with Gasteiger partial charge in [-0.3, -0.25) is 4.79 Å². The summed E-state index contributed by atoms with van der Waals surface area (Å²) in [4.78, 5) is 13.9. The summed E-state index contributed by atoms with van der Waals surface area (Å²) >= 11 is 1.80. The first kappa shape index (κ1) is 20.8. The van der Waals surface area contributed by atoms with Crippen LogP contribution < -0.4 is 0 Å². The summed E-state index contributed by atoms with van der Waals surface area (Å²) in [5.74, 6) is 2.08. The Bertz CT molecular complexity index is 281. The largest absolute Gasteiger partial charge is 0.378 e. The lowest BCUT2D eigenvalue weighted by atomic mass is 10.1. The van der Waals surface area contributed by atoms with Gasteiger partial charge >= 0.3 is 0 Å². The van der Waals surface area contributed by atoms with Gasteiger partial charge in [-0.25, -0.2) is 0 Å². The monoisotopic (exact) mass is 343 g/mol. The van der Waals surface area contributed by atoms with Crippen molar-refractivity contribution in [3.63, 3.8) is 0 Å². The Kier molecular flexibility index (Phi) is 13.9. The Balaban J connectivity index is 1.76. The molecule has 1 amide bonds. The number of thioether (sulfide) groups is 1. The first-order chi connectivity index (χ1) is 11.3. The topological polar surface area (TPSA) is 29.5 Å². The van der Waals surface area contributed by atoms with Crippen LogP contribution in [0.15, 0.2) is 0 Å². The molecule has 1 fully saturated rings. The van der Waals surface area contributed by atoms with Gasteiger partial charge < -0.3 is 9.64 Å². The third-order valence-corrected chi connectivity index (χ3v) is 5.51. The van der Waals surface area contributed by atoms with E-state index in [-0.39, 0.29) is 0 Å². The van der Waals surface area contributed by atoms with Gasteiger partial charge in [0.15, 0.2) is 0 Å². The van der Waals surface area contributed by atoms with Crippen molar-refractivity contribution < 1.29 is 9.53 Å². The normalized spacial score (nSPS) is 15.1. The van der Waals surface area contributed by atoms with E-state index in [4.69, 9.17) is 4.74 Å². The molecule has 0 bridgehead atoms. The van der Waals surface area contributed by atoms with Crippen LogP contribution in [0.5, 0.6) is 0 Å². The molecule has 3 nitrogen and oxygen atoms in total. The Hall–Kier alpha value is -0.220. The number of amides is 1. The molecule has 1 rings (SSSR count). The van der Waals surface area contributed by atoms with Crippen molar-refractivity contribution in [3.8, 4) is 0 Å². The summed E-state index contributed by atoms with van der Waals surface area (Å²) < 4.78 is 5.27. The molecule has 0 unspecified atom stereocenters. The van der Waals surface area contributed by atoms with Crippen LogP contribution in [0, 0.1) is 0 Å². The molecule has 0 N–H and O–H groups in total. The molecular weight excluding hydrogens is 306 g/mol. The number of hydrogen-bond donors (Lipinski definition) is 0. The fraction of sp³-hybridized carbons (Fsp3) is 0.947. The summed E-state index contributed by atoms with van der Waals surface area (Å²) in [7, 11) is 0. The number of carbonyl (C=O) groups excluding carboxylic acids is 1. The van der Waals surface area contributed by atoms with E-state index < -0.39 is 0 Å². The molecule has 0 atom stereocenters. The maximum Gasteiger partial charge on any atom is 0.232 e. The minimum absolute atomic E-state index is 0.293. The number of hydrogen-bond acceptors (Lipinski definition) is 3. The number of morpholine rings is 1. The predicted octanol–water partition coefficient (Wildman–Crippen LogP) is 4.89. The maximum atomic E-state index is 11.9. The van der Waals surface area contributed by atoms with Crippen molar-refractivity contribution in [2.75, 3.05) is 37.8 Å². The summed E-state index contributed by atoms with van der Waals surface area (Å²) in [6, 6.07) is 0. The van der Waals surface area contributed by atoms with Crippen LogP contribution in [-0.2, 0) is 9.53 Å². The minimum Gasteiger partial charge on any atom is -0.378 e. The molecule has 0 aromatic rings. The van der Waals surface area contributed by atoms with Crippen LogP contribution in [0.25, 0.3) is 0 Å². The van der Waals surface area contributed by atoms with Gasteiger partial charge in [-0.1, -0.05) is 71.1 Å². The minimum atomic E-state index is 0.293. The molecule has 0 aromatic carbocycles. The van der Waals surface area contributed by atoms with Gasteiger partial charge in [0, 0.05) is 13.1 Å². The molecule has 1 aliphatic rings.